The Labute approximate surface area is 161 Å². The van der Waals surface area contributed by atoms with Gasteiger partial charge in [0.15, 0.2) is 16.7 Å². The second kappa shape index (κ2) is 7.36. The van der Waals surface area contributed by atoms with Gasteiger partial charge in [0.1, 0.15) is 13.2 Å². The third-order valence-electron chi connectivity index (χ3n) is 4.14. The molecule has 0 aliphatic carbocycles. The highest BCUT2D eigenvalue weighted by Crippen LogP contribution is 2.41. The largest absolute Gasteiger partial charge is 0.493 e. The molecule has 2 aromatic carbocycles. The summed E-state index contributed by atoms with van der Waals surface area (Å²) in [4.78, 5) is 17.4. The average molecular weight is 382 g/mol. The lowest BCUT2D eigenvalue weighted by atomic mass is 10.1. The van der Waals surface area contributed by atoms with Gasteiger partial charge in [0.25, 0.3) is 5.91 Å². The van der Waals surface area contributed by atoms with Crippen LogP contribution in [-0.2, 0) is 4.79 Å². The van der Waals surface area contributed by atoms with Crippen LogP contribution in [0.2, 0.25) is 0 Å². The van der Waals surface area contributed by atoms with Gasteiger partial charge >= 0.3 is 0 Å². The Hall–Kier alpha value is -2.93. The molecular formula is C20H18N2O4S. The van der Waals surface area contributed by atoms with Gasteiger partial charge in [-0.3, -0.25) is 4.79 Å². The van der Waals surface area contributed by atoms with Crippen molar-refractivity contribution < 1.29 is 19.0 Å². The van der Waals surface area contributed by atoms with Crippen LogP contribution < -0.4 is 19.5 Å². The second-order valence-electron chi connectivity index (χ2n) is 6.02. The predicted molar refractivity (Wildman–Crippen MR) is 106 cm³/mol. The molecule has 2 aromatic rings. The van der Waals surface area contributed by atoms with Gasteiger partial charge in [-0.25, -0.2) is 4.99 Å². The first-order chi connectivity index (χ1) is 13.1. The van der Waals surface area contributed by atoms with Crippen molar-refractivity contribution in [3.63, 3.8) is 0 Å². The van der Waals surface area contributed by atoms with E-state index in [2.05, 4.69) is 10.3 Å². The molecule has 2 aliphatic heterocycles. The number of methoxy groups -OCH3 is 1. The van der Waals surface area contributed by atoms with Crippen LogP contribution in [0.15, 0.2) is 46.3 Å². The molecule has 7 heteroatoms. The zero-order valence-corrected chi connectivity index (χ0v) is 15.8. The van der Waals surface area contributed by atoms with Gasteiger partial charge in [-0.2, -0.15) is 0 Å². The van der Waals surface area contributed by atoms with Crippen LogP contribution in [0.4, 0.5) is 5.69 Å². The second-order valence-corrected chi connectivity index (χ2v) is 7.05. The Kier molecular flexibility index (Phi) is 4.77. The molecule has 0 aromatic heterocycles. The summed E-state index contributed by atoms with van der Waals surface area (Å²) in [6, 6.07) is 11.5. The molecular weight excluding hydrogens is 364 g/mol. The topological polar surface area (TPSA) is 69.2 Å². The summed E-state index contributed by atoms with van der Waals surface area (Å²) in [5, 5.41) is 3.37. The summed E-state index contributed by atoms with van der Waals surface area (Å²) in [7, 11) is 1.58. The third-order valence-corrected chi connectivity index (χ3v) is 5.05. The van der Waals surface area contributed by atoms with Gasteiger partial charge < -0.3 is 19.5 Å². The molecule has 1 N–H and O–H groups in total. The smallest absolute Gasteiger partial charge is 0.264 e. The molecule has 0 radical (unpaired) electrons. The van der Waals surface area contributed by atoms with Crippen LogP contribution in [0.5, 0.6) is 17.2 Å². The van der Waals surface area contributed by atoms with E-state index in [1.165, 1.54) is 11.8 Å². The van der Waals surface area contributed by atoms with E-state index in [-0.39, 0.29) is 5.91 Å². The Morgan fingerprint density at radius 2 is 2.04 bits per heavy atom. The minimum Gasteiger partial charge on any atom is -0.493 e. The van der Waals surface area contributed by atoms with Gasteiger partial charge in [-0.1, -0.05) is 18.2 Å². The zero-order chi connectivity index (χ0) is 18.8. The fourth-order valence-electron chi connectivity index (χ4n) is 2.81. The fourth-order valence-corrected chi connectivity index (χ4v) is 3.64. The number of nitrogens with zero attached hydrogens (tertiary/aromatic N) is 1. The molecule has 138 valence electrons. The summed E-state index contributed by atoms with van der Waals surface area (Å²) >= 11 is 1.31. The van der Waals surface area contributed by atoms with E-state index >= 15 is 0 Å². The molecule has 27 heavy (non-hydrogen) atoms. The van der Waals surface area contributed by atoms with Crippen LogP contribution >= 0.6 is 11.8 Å². The van der Waals surface area contributed by atoms with Crippen LogP contribution in [-0.4, -0.2) is 31.4 Å². The summed E-state index contributed by atoms with van der Waals surface area (Å²) in [6.07, 6.45) is 1.79. The highest BCUT2D eigenvalue weighted by molar-refractivity contribution is 8.18. The third kappa shape index (κ3) is 3.64. The lowest BCUT2D eigenvalue weighted by Crippen LogP contribution is -2.19. The maximum Gasteiger partial charge on any atom is 0.264 e. The number of hydrogen-bond donors (Lipinski definition) is 1. The quantitative estimate of drug-likeness (QED) is 0.821. The van der Waals surface area contributed by atoms with Gasteiger partial charge in [0, 0.05) is 0 Å². The molecule has 2 aliphatic rings. The number of benzene rings is 2. The molecule has 1 saturated heterocycles. The fraction of sp³-hybridized carbons (Fsp3) is 0.200. The Balaban J connectivity index is 1.63. The number of thioether (sulfide) groups is 1. The number of carbonyl (C=O) groups is 1. The number of hydrogen-bond acceptors (Lipinski definition) is 6. The van der Waals surface area contributed by atoms with E-state index in [1.54, 1.807) is 13.2 Å². The molecule has 4 rings (SSSR count). The summed E-state index contributed by atoms with van der Waals surface area (Å²) in [5.41, 5.74) is 2.68. The van der Waals surface area contributed by atoms with Gasteiger partial charge in [-0.15, -0.1) is 0 Å². The first kappa shape index (κ1) is 17.5. The summed E-state index contributed by atoms with van der Waals surface area (Å²) in [5.74, 6) is 1.61. The molecule has 0 bridgehead atoms. The Morgan fingerprint density at radius 1 is 1.22 bits per heavy atom. The highest BCUT2D eigenvalue weighted by Gasteiger charge is 2.25. The number of carbonyl (C=O) groups excluding carboxylic acids is 1. The zero-order valence-electron chi connectivity index (χ0n) is 14.9. The molecule has 1 amide bonds. The van der Waals surface area contributed by atoms with Crippen LogP contribution in [0, 0.1) is 6.92 Å². The van der Waals surface area contributed by atoms with Gasteiger partial charge in [-0.05, 0) is 54.1 Å². The molecule has 2 heterocycles. The number of amidine groups is 1. The molecule has 6 nitrogen and oxygen atoms in total. The molecule has 0 saturated carbocycles. The van der Waals surface area contributed by atoms with E-state index in [1.807, 2.05) is 43.3 Å². The first-order valence-corrected chi connectivity index (χ1v) is 9.28. The maximum atomic E-state index is 12.3. The number of aryl methyl sites for hydroxylation is 1. The first-order valence-electron chi connectivity index (χ1n) is 8.47. The molecule has 0 atom stereocenters. The summed E-state index contributed by atoms with van der Waals surface area (Å²) in [6.45, 7) is 2.96. The lowest BCUT2D eigenvalue weighted by Gasteiger charge is -2.21. The number of nitrogens with one attached hydrogen (secondary N) is 1. The van der Waals surface area contributed by atoms with Crippen molar-refractivity contribution in [2.45, 2.75) is 6.92 Å². The van der Waals surface area contributed by atoms with Crippen molar-refractivity contribution in [2.75, 3.05) is 20.3 Å². The average Bonchev–Trinajstić information content (AvgIpc) is 3.02. The van der Waals surface area contributed by atoms with Crippen molar-refractivity contribution in [1.29, 1.82) is 0 Å². The predicted octanol–water partition coefficient (Wildman–Crippen LogP) is 3.67. The van der Waals surface area contributed by atoms with E-state index < -0.39 is 0 Å². The normalized spacial score (nSPS) is 18.7. The van der Waals surface area contributed by atoms with Crippen molar-refractivity contribution >= 4 is 34.6 Å². The molecule has 0 spiro atoms. The highest BCUT2D eigenvalue weighted by atomic mass is 32.2. The standard InChI is InChI=1S/C20H18N2O4S/c1-12-5-3-4-6-14(12)21-20-22-19(23)17(27-20)11-13-9-15(24-2)18-16(10-13)25-7-8-26-18/h3-6,9-11H,7-8H2,1-2H3,(H,21,22,23)/b17-11-. The number of fused-ring (bicyclic) bond motifs is 1. The van der Waals surface area contributed by atoms with E-state index in [0.29, 0.717) is 40.5 Å². The van der Waals surface area contributed by atoms with E-state index in [0.717, 1.165) is 16.8 Å². The number of aliphatic imine (C=N–C) groups is 1. The maximum absolute atomic E-state index is 12.3. The number of ether oxygens (including phenoxy) is 3. The lowest BCUT2D eigenvalue weighted by molar-refractivity contribution is -0.115. The van der Waals surface area contributed by atoms with E-state index in [4.69, 9.17) is 14.2 Å². The van der Waals surface area contributed by atoms with Gasteiger partial charge in [0.05, 0.1) is 17.7 Å². The van der Waals surface area contributed by atoms with Crippen LogP contribution in [0.3, 0.4) is 0 Å². The van der Waals surface area contributed by atoms with Crippen molar-refractivity contribution in [3.05, 3.63) is 52.4 Å². The van der Waals surface area contributed by atoms with Gasteiger partial charge in [0.2, 0.25) is 5.75 Å². The molecule has 1 fully saturated rings. The summed E-state index contributed by atoms with van der Waals surface area (Å²) < 4.78 is 16.7. The number of amides is 1. The monoisotopic (exact) mass is 382 g/mol. The minimum atomic E-state index is -0.179. The van der Waals surface area contributed by atoms with Crippen LogP contribution in [0.25, 0.3) is 6.08 Å². The minimum absolute atomic E-state index is 0.179. The molecule has 0 unspecified atom stereocenters. The van der Waals surface area contributed by atoms with Crippen molar-refractivity contribution in [1.82, 2.24) is 5.32 Å². The van der Waals surface area contributed by atoms with Crippen molar-refractivity contribution in [3.8, 4) is 17.2 Å². The Morgan fingerprint density at radius 3 is 2.85 bits per heavy atom. The number of rotatable bonds is 3. The van der Waals surface area contributed by atoms with Crippen molar-refractivity contribution in [2.24, 2.45) is 4.99 Å². The SMILES string of the molecule is COc1cc(/C=C2\SC(=Nc3ccccc3C)NC2=O)cc2c1OCCO2. The van der Waals surface area contributed by atoms with E-state index in [9.17, 15) is 4.79 Å². The van der Waals surface area contributed by atoms with Crippen LogP contribution in [0.1, 0.15) is 11.1 Å². The Bertz CT molecular complexity index is 951. The number of para-hydroxylation sites is 1.